The van der Waals surface area contributed by atoms with Crippen LogP contribution in [-0.4, -0.2) is 70.1 Å². The molecular formula is C29H36N4O5S. The predicted molar refractivity (Wildman–Crippen MR) is 147 cm³/mol. The largest absolute Gasteiger partial charge is 0.428 e. The van der Waals surface area contributed by atoms with Crippen molar-refractivity contribution in [2.24, 2.45) is 11.3 Å². The number of ketones is 1. The number of aromatic nitrogens is 1. The first-order chi connectivity index (χ1) is 18.9. The van der Waals surface area contributed by atoms with Gasteiger partial charge in [-0.1, -0.05) is 25.0 Å². The third-order valence-electron chi connectivity index (χ3n) is 8.89. The molecule has 9 nitrogen and oxygen atoms in total. The van der Waals surface area contributed by atoms with E-state index in [1.54, 1.807) is 0 Å². The zero-order valence-corrected chi connectivity index (χ0v) is 23.1. The van der Waals surface area contributed by atoms with Crippen LogP contribution in [0.2, 0.25) is 0 Å². The summed E-state index contributed by atoms with van der Waals surface area (Å²) in [7, 11) is -2.95. The van der Waals surface area contributed by atoms with E-state index in [0.29, 0.717) is 51.8 Å². The number of ether oxygens (including phenoxy) is 1. The van der Waals surface area contributed by atoms with E-state index in [2.05, 4.69) is 15.9 Å². The molecule has 2 aromatic rings. The van der Waals surface area contributed by atoms with Gasteiger partial charge in [0.05, 0.1) is 36.2 Å². The van der Waals surface area contributed by atoms with Gasteiger partial charge in [0.25, 0.3) is 6.01 Å². The molecule has 0 spiro atoms. The monoisotopic (exact) mass is 552 g/mol. The van der Waals surface area contributed by atoms with Crippen LogP contribution in [-0.2, 0) is 19.4 Å². The fourth-order valence-electron chi connectivity index (χ4n) is 6.24. The molecule has 1 aromatic heterocycles. The lowest BCUT2D eigenvalue weighted by Gasteiger charge is -2.30. The minimum Gasteiger partial charge on any atom is -0.428 e. The molecule has 0 unspecified atom stereocenters. The lowest BCUT2D eigenvalue weighted by atomic mass is 9.73. The molecule has 0 radical (unpaired) electrons. The zero-order valence-electron chi connectivity index (χ0n) is 22.3. The second kappa shape index (κ2) is 10.6. The van der Waals surface area contributed by atoms with Crippen molar-refractivity contribution >= 4 is 27.3 Å². The number of benzene rings is 1. The summed E-state index contributed by atoms with van der Waals surface area (Å²) in [5.41, 5.74) is 2.24. The third kappa shape index (κ3) is 5.57. The van der Waals surface area contributed by atoms with E-state index in [1.807, 2.05) is 24.3 Å². The molecule has 1 aromatic carbocycles. The molecule has 0 N–H and O–H groups in total. The number of oxazole rings is 1. The van der Waals surface area contributed by atoms with Crippen molar-refractivity contribution in [2.45, 2.75) is 50.9 Å². The molecule has 2 saturated heterocycles. The minimum atomic E-state index is -2.95. The Morgan fingerprint density at radius 3 is 2.38 bits per heavy atom. The number of morpholine rings is 1. The number of rotatable bonds is 7. The van der Waals surface area contributed by atoms with Crippen molar-refractivity contribution in [3.63, 3.8) is 0 Å². The molecule has 0 bridgehead atoms. The Kier molecular flexibility index (Phi) is 7.15. The molecule has 0 amide bonds. The molecule has 208 valence electrons. The Labute approximate surface area is 230 Å². The van der Waals surface area contributed by atoms with Gasteiger partial charge >= 0.3 is 0 Å². The van der Waals surface area contributed by atoms with Gasteiger partial charge in [-0.3, -0.25) is 4.79 Å². The van der Waals surface area contributed by atoms with Gasteiger partial charge in [-0.2, -0.15) is 10.2 Å². The summed E-state index contributed by atoms with van der Waals surface area (Å²) in [6.45, 7) is 3.63. The highest BCUT2D eigenvalue weighted by molar-refractivity contribution is 7.91. The van der Waals surface area contributed by atoms with Crippen LogP contribution in [0.4, 0.5) is 11.7 Å². The Morgan fingerprint density at radius 1 is 1.03 bits per heavy atom. The molecule has 10 heteroatoms. The van der Waals surface area contributed by atoms with Gasteiger partial charge in [0.15, 0.2) is 9.84 Å². The number of hydrogen-bond donors (Lipinski definition) is 0. The molecule has 2 aliphatic heterocycles. The Morgan fingerprint density at radius 2 is 1.72 bits per heavy atom. The van der Waals surface area contributed by atoms with Crippen LogP contribution < -0.4 is 9.80 Å². The van der Waals surface area contributed by atoms with Crippen LogP contribution in [0.1, 0.15) is 56.6 Å². The Hall–Kier alpha value is -2.90. The van der Waals surface area contributed by atoms with Crippen LogP contribution in [0.15, 0.2) is 28.7 Å². The van der Waals surface area contributed by atoms with Crippen molar-refractivity contribution in [1.29, 1.82) is 5.26 Å². The molecular weight excluding hydrogens is 516 g/mol. The maximum atomic E-state index is 13.5. The van der Waals surface area contributed by atoms with Crippen LogP contribution >= 0.6 is 0 Å². The Balaban J connectivity index is 1.31. The van der Waals surface area contributed by atoms with Gasteiger partial charge in [-0.15, -0.1) is 0 Å². The summed E-state index contributed by atoms with van der Waals surface area (Å²) in [4.78, 5) is 22.7. The molecule has 2 saturated carbocycles. The van der Waals surface area contributed by atoms with Crippen LogP contribution in [0.5, 0.6) is 0 Å². The van der Waals surface area contributed by atoms with E-state index in [1.165, 1.54) is 0 Å². The number of nitrogens with zero attached hydrogens (tertiary/aromatic N) is 4. The molecule has 3 heterocycles. The zero-order chi connectivity index (χ0) is 27.0. The number of anilines is 2. The first-order valence-electron chi connectivity index (χ1n) is 14.2. The summed E-state index contributed by atoms with van der Waals surface area (Å²) < 4.78 is 35.8. The molecule has 6 rings (SSSR count). The van der Waals surface area contributed by atoms with E-state index in [0.717, 1.165) is 61.2 Å². The topological polar surface area (TPSA) is 117 Å². The highest BCUT2D eigenvalue weighted by atomic mass is 32.2. The second-order valence-electron chi connectivity index (χ2n) is 11.5. The number of carbonyl (C=O) groups is 1. The predicted octanol–water partition coefficient (Wildman–Crippen LogP) is 3.95. The van der Waals surface area contributed by atoms with Crippen molar-refractivity contribution in [1.82, 2.24) is 4.98 Å². The molecule has 2 atom stereocenters. The van der Waals surface area contributed by atoms with Gasteiger partial charge in [-0.25, -0.2) is 8.42 Å². The summed E-state index contributed by atoms with van der Waals surface area (Å²) in [6, 6.07) is 11.0. The third-order valence-corrected chi connectivity index (χ3v) is 10.5. The molecule has 4 fully saturated rings. The molecule has 2 aliphatic carbocycles. The SMILES string of the molecule is N#CC1(CC(=O)[C@@H]2CCCC[C@H]2c2oc(N3CCOCC3)nc2-c2ccc(N3CCS(=O)(=O)CC3)cc2)CC1. The van der Waals surface area contributed by atoms with Crippen LogP contribution in [0.3, 0.4) is 0 Å². The minimum absolute atomic E-state index is 0.0648. The fourth-order valence-corrected chi connectivity index (χ4v) is 7.44. The van der Waals surface area contributed by atoms with E-state index >= 15 is 0 Å². The quantitative estimate of drug-likeness (QED) is 0.503. The lowest BCUT2D eigenvalue weighted by Crippen LogP contribution is -2.40. The Bertz CT molecular complexity index is 1340. The van der Waals surface area contributed by atoms with Gasteiger partial charge < -0.3 is 19.0 Å². The second-order valence-corrected chi connectivity index (χ2v) is 13.8. The summed E-state index contributed by atoms with van der Waals surface area (Å²) in [6.07, 6.45) is 5.68. The van der Waals surface area contributed by atoms with Crippen molar-refractivity contribution in [3.8, 4) is 17.3 Å². The summed E-state index contributed by atoms with van der Waals surface area (Å²) in [5.74, 6) is 1.08. The van der Waals surface area contributed by atoms with E-state index < -0.39 is 15.3 Å². The smallest absolute Gasteiger partial charge is 0.298 e. The summed E-state index contributed by atoms with van der Waals surface area (Å²) in [5, 5.41) is 9.59. The van der Waals surface area contributed by atoms with Gasteiger partial charge in [0.1, 0.15) is 17.2 Å². The first kappa shape index (κ1) is 26.3. The van der Waals surface area contributed by atoms with E-state index in [4.69, 9.17) is 14.1 Å². The van der Waals surface area contributed by atoms with E-state index in [9.17, 15) is 18.5 Å². The van der Waals surface area contributed by atoms with Crippen molar-refractivity contribution in [2.75, 3.05) is 60.7 Å². The normalized spacial score (nSPS) is 26.1. The first-order valence-corrected chi connectivity index (χ1v) is 16.0. The maximum absolute atomic E-state index is 13.5. The number of sulfone groups is 1. The van der Waals surface area contributed by atoms with Gasteiger partial charge in [0.2, 0.25) is 0 Å². The van der Waals surface area contributed by atoms with Crippen LogP contribution in [0.25, 0.3) is 11.3 Å². The molecule has 39 heavy (non-hydrogen) atoms. The summed E-state index contributed by atoms with van der Waals surface area (Å²) >= 11 is 0. The van der Waals surface area contributed by atoms with Gasteiger partial charge in [0, 0.05) is 55.7 Å². The maximum Gasteiger partial charge on any atom is 0.298 e. The molecule has 4 aliphatic rings. The van der Waals surface area contributed by atoms with Crippen molar-refractivity contribution in [3.05, 3.63) is 30.0 Å². The lowest BCUT2D eigenvalue weighted by molar-refractivity contribution is -0.125. The number of Topliss-reactive ketones (excluding diaryl/α,β-unsaturated/α-hetero) is 1. The van der Waals surface area contributed by atoms with Gasteiger partial charge in [-0.05, 0) is 37.8 Å². The number of hydrogen-bond acceptors (Lipinski definition) is 9. The fraction of sp³-hybridized carbons (Fsp3) is 0.621. The van der Waals surface area contributed by atoms with E-state index in [-0.39, 0.29) is 29.1 Å². The average Bonchev–Trinajstić information content (AvgIpc) is 3.60. The van der Waals surface area contributed by atoms with Crippen LogP contribution in [0, 0.1) is 22.7 Å². The van der Waals surface area contributed by atoms with Crippen molar-refractivity contribution < 1.29 is 22.4 Å². The highest BCUT2D eigenvalue weighted by Crippen LogP contribution is 2.51. The highest BCUT2D eigenvalue weighted by Gasteiger charge is 2.47. The number of carbonyl (C=O) groups excluding carboxylic acids is 1. The number of nitriles is 1. The average molecular weight is 553 g/mol. The standard InChI is InChI=1S/C29H36N4O5S/c30-20-29(9-10-29)19-25(34)23-3-1-2-4-24(23)27-26(31-28(38-27)33-11-15-37-16-12-33)21-5-7-22(8-6-21)32-13-17-39(35,36)18-14-32/h5-8,23-24H,1-4,9-19H2/t23-,24-/m1/s1.